The van der Waals surface area contributed by atoms with Crippen LogP contribution in [0.3, 0.4) is 0 Å². The fourth-order valence-corrected chi connectivity index (χ4v) is 4.83. The molecule has 33 heavy (non-hydrogen) atoms. The van der Waals surface area contributed by atoms with Gasteiger partial charge < -0.3 is 10.1 Å². The second kappa shape index (κ2) is 11.0. The highest BCUT2D eigenvalue weighted by atomic mass is 32.2. The Bertz CT molecular complexity index is 1140. The third kappa shape index (κ3) is 6.35. The summed E-state index contributed by atoms with van der Waals surface area (Å²) < 4.78 is 33.1. The average molecular weight is 467 g/mol. The highest BCUT2D eigenvalue weighted by molar-refractivity contribution is 7.92. The molecule has 1 amide bonds. The summed E-state index contributed by atoms with van der Waals surface area (Å²) in [7, 11) is -2.30. The number of rotatable bonds is 10. The fourth-order valence-electron chi connectivity index (χ4n) is 3.39. The van der Waals surface area contributed by atoms with Crippen molar-refractivity contribution in [2.24, 2.45) is 0 Å². The van der Waals surface area contributed by atoms with Gasteiger partial charge in [0.25, 0.3) is 10.0 Å². The van der Waals surface area contributed by atoms with Crippen LogP contribution in [0.5, 0.6) is 5.75 Å². The molecule has 3 aromatic carbocycles. The summed E-state index contributed by atoms with van der Waals surface area (Å²) >= 11 is 0. The Morgan fingerprint density at radius 1 is 0.939 bits per heavy atom. The van der Waals surface area contributed by atoms with Gasteiger partial charge in [0.1, 0.15) is 12.3 Å². The number of carbonyl (C=O) groups is 1. The number of hydrogen-bond donors (Lipinski definition) is 1. The van der Waals surface area contributed by atoms with E-state index in [4.69, 9.17) is 4.74 Å². The molecule has 174 valence electrons. The highest BCUT2D eigenvalue weighted by Crippen LogP contribution is 2.25. The van der Waals surface area contributed by atoms with E-state index in [9.17, 15) is 13.2 Å². The van der Waals surface area contributed by atoms with Crippen LogP contribution in [0.1, 0.15) is 30.9 Å². The Hall–Kier alpha value is -3.32. The first-order valence-electron chi connectivity index (χ1n) is 10.9. The summed E-state index contributed by atoms with van der Waals surface area (Å²) in [5, 5.41) is 2.84. The normalized spacial score (nSPS) is 11.3. The molecule has 0 atom stereocenters. The zero-order valence-electron chi connectivity index (χ0n) is 19.2. The van der Waals surface area contributed by atoms with Crippen molar-refractivity contribution >= 4 is 21.6 Å². The smallest absolute Gasteiger partial charge is 0.264 e. The number of hydrogen-bond acceptors (Lipinski definition) is 4. The third-order valence-corrected chi connectivity index (χ3v) is 7.15. The number of nitrogens with zero attached hydrogens (tertiary/aromatic N) is 1. The Morgan fingerprint density at radius 3 is 2.15 bits per heavy atom. The van der Waals surface area contributed by atoms with Crippen molar-refractivity contribution in [1.29, 1.82) is 0 Å². The van der Waals surface area contributed by atoms with E-state index < -0.39 is 10.0 Å². The molecule has 0 fully saturated rings. The van der Waals surface area contributed by atoms with Crippen LogP contribution in [0.15, 0.2) is 83.8 Å². The van der Waals surface area contributed by atoms with E-state index in [1.54, 1.807) is 37.4 Å². The maximum Gasteiger partial charge on any atom is 0.264 e. The molecule has 0 aliphatic rings. The first kappa shape index (κ1) is 24.3. The topological polar surface area (TPSA) is 75.7 Å². The van der Waals surface area contributed by atoms with Crippen LogP contribution in [0.4, 0.5) is 5.69 Å². The van der Waals surface area contributed by atoms with Crippen molar-refractivity contribution in [3.05, 3.63) is 90.0 Å². The second-order valence-corrected chi connectivity index (χ2v) is 9.88. The van der Waals surface area contributed by atoms with E-state index in [1.807, 2.05) is 36.4 Å². The van der Waals surface area contributed by atoms with Gasteiger partial charge in [0.05, 0.1) is 17.7 Å². The SMILES string of the molecule is COc1ccc(CCNC(=O)CN(c2ccc(C(C)C)cc2)S(=O)(=O)c2ccccc2)cc1. The van der Waals surface area contributed by atoms with E-state index in [1.165, 1.54) is 12.1 Å². The van der Waals surface area contributed by atoms with Crippen LogP contribution < -0.4 is 14.4 Å². The molecular weight excluding hydrogens is 436 g/mol. The Labute approximate surface area is 196 Å². The minimum Gasteiger partial charge on any atom is -0.497 e. The summed E-state index contributed by atoms with van der Waals surface area (Å²) in [5.74, 6) is 0.725. The van der Waals surface area contributed by atoms with E-state index in [0.29, 0.717) is 24.6 Å². The molecule has 3 rings (SSSR count). The molecular formula is C26H30N2O4S. The molecule has 0 saturated carbocycles. The molecule has 7 heteroatoms. The monoisotopic (exact) mass is 466 g/mol. The molecule has 0 spiro atoms. The Kier molecular flexibility index (Phi) is 8.11. The molecule has 0 aromatic heterocycles. The lowest BCUT2D eigenvalue weighted by Gasteiger charge is -2.24. The molecule has 3 aromatic rings. The van der Waals surface area contributed by atoms with Crippen molar-refractivity contribution in [3.8, 4) is 5.75 Å². The largest absolute Gasteiger partial charge is 0.497 e. The zero-order valence-corrected chi connectivity index (χ0v) is 20.0. The summed E-state index contributed by atoms with van der Waals surface area (Å²) in [6, 6.07) is 23.1. The molecule has 0 aliphatic heterocycles. The molecule has 0 saturated heterocycles. The predicted molar refractivity (Wildman–Crippen MR) is 131 cm³/mol. The van der Waals surface area contributed by atoms with Crippen LogP contribution in [-0.2, 0) is 21.2 Å². The maximum absolute atomic E-state index is 13.4. The van der Waals surface area contributed by atoms with Gasteiger partial charge in [-0.3, -0.25) is 9.10 Å². The van der Waals surface area contributed by atoms with Gasteiger partial charge >= 0.3 is 0 Å². The van der Waals surface area contributed by atoms with Crippen molar-refractivity contribution < 1.29 is 17.9 Å². The number of methoxy groups -OCH3 is 1. The number of carbonyl (C=O) groups excluding carboxylic acids is 1. The number of amides is 1. The van der Waals surface area contributed by atoms with Gasteiger partial charge in [0, 0.05) is 6.54 Å². The quantitative estimate of drug-likeness (QED) is 0.481. The van der Waals surface area contributed by atoms with Gasteiger partial charge in [-0.2, -0.15) is 0 Å². The summed E-state index contributed by atoms with van der Waals surface area (Å²) in [4.78, 5) is 12.9. The highest BCUT2D eigenvalue weighted by Gasteiger charge is 2.27. The van der Waals surface area contributed by atoms with Crippen LogP contribution >= 0.6 is 0 Å². The van der Waals surface area contributed by atoms with E-state index in [2.05, 4.69) is 19.2 Å². The van der Waals surface area contributed by atoms with E-state index in [-0.39, 0.29) is 17.3 Å². The van der Waals surface area contributed by atoms with Gasteiger partial charge in [-0.05, 0) is 59.9 Å². The lowest BCUT2D eigenvalue weighted by atomic mass is 10.0. The lowest BCUT2D eigenvalue weighted by Crippen LogP contribution is -2.41. The van der Waals surface area contributed by atoms with Crippen LogP contribution in [-0.4, -0.2) is 34.5 Å². The van der Waals surface area contributed by atoms with Crippen LogP contribution in [0.2, 0.25) is 0 Å². The fraction of sp³-hybridized carbons (Fsp3) is 0.269. The lowest BCUT2D eigenvalue weighted by molar-refractivity contribution is -0.119. The molecule has 1 N–H and O–H groups in total. The van der Waals surface area contributed by atoms with Crippen molar-refractivity contribution in [1.82, 2.24) is 5.32 Å². The van der Waals surface area contributed by atoms with Crippen LogP contribution in [0.25, 0.3) is 0 Å². The van der Waals surface area contributed by atoms with Gasteiger partial charge in [-0.25, -0.2) is 8.42 Å². The van der Waals surface area contributed by atoms with E-state index in [0.717, 1.165) is 21.2 Å². The molecule has 0 bridgehead atoms. The summed E-state index contributed by atoms with van der Waals surface area (Å²) in [6.07, 6.45) is 0.629. The molecule has 0 aliphatic carbocycles. The number of benzene rings is 3. The van der Waals surface area contributed by atoms with Gasteiger partial charge in [-0.1, -0.05) is 56.3 Å². The number of ether oxygens (including phenoxy) is 1. The van der Waals surface area contributed by atoms with Crippen molar-refractivity contribution in [2.75, 3.05) is 24.5 Å². The Morgan fingerprint density at radius 2 is 1.58 bits per heavy atom. The molecule has 0 radical (unpaired) electrons. The van der Waals surface area contributed by atoms with Gasteiger partial charge in [0.15, 0.2) is 0 Å². The predicted octanol–water partition coefficient (Wildman–Crippen LogP) is 4.37. The average Bonchev–Trinajstić information content (AvgIpc) is 2.83. The number of anilines is 1. The number of sulfonamides is 1. The minimum absolute atomic E-state index is 0.143. The maximum atomic E-state index is 13.4. The minimum atomic E-state index is -3.91. The van der Waals surface area contributed by atoms with Gasteiger partial charge in [0.2, 0.25) is 5.91 Å². The third-order valence-electron chi connectivity index (χ3n) is 5.36. The zero-order chi connectivity index (χ0) is 23.8. The van der Waals surface area contributed by atoms with Gasteiger partial charge in [-0.15, -0.1) is 0 Å². The molecule has 6 nitrogen and oxygen atoms in total. The number of nitrogens with one attached hydrogen (secondary N) is 1. The van der Waals surface area contributed by atoms with Crippen LogP contribution in [0, 0.1) is 0 Å². The first-order valence-corrected chi connectivity index (χ1v) is 12.3. The Balaban J connectivity index is 1.75. The summed E-state index contributed by atoms with van der Waals surface area (Å²) in [6.45, 7) is 4.24. The first-order chi connectivity index (χ1) is 15.8. The summed E-state index contributed by atoms with van der Waals surface area (Å²) in [5.41, 5.74) is 2.60. The standard InChI is InChI=1S/C26H30N2O4S/c1-20(2)22-11-13-23(14-12-22)28(33(30,31)25-7-5-4-6-8-25)19-26(29)27-18-17-21-9-15-24(32-3)16-10-21/h4-16,20H,17-19H2,1-3H3,(H,27,29). The molecule has 0 unspecified atom stereocenters. The van der Waals surface area contributed by atoms with Crippen molar-refractivity contribution in [2.45, 2.75) is 31.1 Å². The van der Waals surface area contributed by atoms with Crippen molar-refractivity contribution in [3.63, 3.8) is 0 Å². The second-order valence-electron chi connectivity index (χ2n) is 8.02. The molecule has 0 heterocycles. The van der Waals surface area contributed by atoms with E-state index >= 15 is 0 Å².